The Bertz CT molecular complexity index is 257. The average molecular weight is 148 g/mol. The zero-order valence-corrected chi connectivity index (χ0v) is 6.67. The predicted octanol–water partition coefficient (Wildman–Crippen LogP) is 2.00. The van der Waals surface area contributed by atoms with Gasteiger partial charge in [0.25, 0.3) is 0 Å². The first-order chi connectivity index (χ1) is 5.38. The zero-order chi connectivity index (χ0) is 7.68. The summed E-state index contributed by atoms with van der Waals surface area (Å²) in [4.78, 5) is 4.34. The van der Waals surface area contributed by atoms with Crippen molar-refractivity contribution in [3.63, 3.8) is 0 Å². The summed E-state index contributed by atoms with van der Waals surface area (Å²) in [5, 5.41) is 3.33. The number of anilines is 1. The molecule has 0 fully saturated rings. The van der Waals surface area contributed by atoms with Crippen molar-refractivity contribution in [2.45, 2.75) is 19.3 Å². The first kappa shape index (κ1) is 6.65. The van der Waals surface area contributed by atoms with Gasteiger partial charge in [-0.2, -0.15) is 0 Å². The van der Waals surface area contributed by atoms with Crippen LogP contribution in [0.2, 0.25) is 0 Å². The summed E-state index contributed by atoms with van der Waals surface area (Å²) in [6, 6.07) is 4.07. The van der Waals surface area contributed by atoms with Gasteiger partial charge in [0.1, 0.15) is 0 Å². The van der Waals surface area contributed by atoms with Crippen LogP contribution in [-0.2, 0) is 0 Å². The normalized spacial score (nSPS) is 22.1. The number of aromatic nitrogens is 1. The number of fused-ring (bicyclic) bond motifs is 1. The molecule has 2 heteroatoms. The van der Waals surface area contributed by atoms with E-state index >= 15 is 0 Å². The van der Waals surface area contributed by atoms with Crippen molar-refractivity contribution in [2.24, 2.45) is 0 Å². The standard InChI is InChI=1S/C9H12N2/c1-7-4-6-10-8-3-2-5-11-9(7)8/h2-3,5,7,10H,4,6H2,1H3. The lowest BCUT2D eigenvalue weighted by atomic mass is 9.98. The molecule has 2 rings (SSSR count). The maximum absolute atomic E-state index is 4.34. The molecule has 2 heterocycles. The molecule has 1 aromatic heterocycles. The summed E-state index contributed by atoms with van der Waals surface area (Å²) in [5.41, 5.74) is 2.44. The maximum Gasteiger partial charge on any atom is 0.0663 e. The zero-order valence-electron chi connectivity index (χ0n) is 6.67. The number of hydrogen-bond acceptors (Lipinski definition) is 2. The first-order valence-electron chi connectivity index (χ1n) is 4.06. The monoisotopic (exact) mass is 148 g/mol. The molecule has 11 heavy (non-hydrogen) atoms. The minimum atomic E-state index is 0.618. The number of nitrogens with one attached hydrogen (secondary N) is 1. The molecular weight excluding hydrogens is 136 g/mol. The first-order valence-corrected chi connectivity index (χ1v) is 4.06. The second-order valence-electron chi connectivity index (χ2n) is 3.05. The van der Waals surface area contributed by atoms with Gasteiger partial charge in [0, 0.05) is 18.7 Å². The highest BCUT2D eigenvalue weighted by molar-refractivity contribution is 5.50. The fourth-order valence-corrected chi connectivity index (χ4v) is 1.52. The molecule has 1 aliphatic heterocycles. The molecule has 0 aromatic carbocycles. The van der Waals surface area contributed by atoms with Gasteiger partial charge in [-0.25, -0.2) is 0 Å². The van der Waals surface area contributed by atoms with Gasteiger partial charge >= 0.3 is 0 Å². The van der Waals surface area contributed by atoms with Gasteiger partial charge in [-0.3, -0.25) is 4.98 Å². The van der Waals surface area contributed by atoms with E-state index in [2.05, 4.69) is 23.3 Å². The predicted molar refractivity (Wildman–Crippen MR) is 45.8 cm³/mol. The second kappa shape index (κ2) is 2.53. The highest BCUT2D eigenvalue weighted by Crippen LogP contribution is 2.28. The van der Waals surface area contributed by atoms with Crippen LogP contribution in [0.1, 0.15) is 25.0 Å². The van der Waals surface area contributed by atoms with Gasteiger partial charge in [0.15, 0.2) is 0 Å². The molecule has 1 aromatic rings. The van der Waals surface area contributed by atoms with Gasteiger partial charge in [-0.15, -0.1) is 0 Å². The Hall–Kier alpha value is -1.05. The Morgan fingerprint density at radius 3 is 3.36 bits per heavy atom. The van der Waals surface area contributed by atoms with Crippen molar-refractivity contribution in [1.29, 1.82) is 0 Å². The van der Waals surface area contributed by atoms with Gasteiger partial charge in [-0.05, 0) is 18.6 Å². The van der Waals surface area contributed by atoms with E-state index in [1.165, 1.54) is 17.8 Å². The third kappa shape index (κ3) is 1.09. The number of pyridine rings is 1. The van der Waals surface area contributed by atoms with E-state index in [9.17, 15) is 0 Å². The number of rotatable bonds is 0. The van der Waals surface area contributed by atoms with Crippen LogP contribution in [0.15, 0.2) is 18.3 Å². The Labute approximate surface area is 66.7 Å². The molecule has 2 nitrogen and oxygen atoms in total. The molecular formula is C9H12N2. The van der Waals surface area contributed by atoms with Crippen LogP contribution >= 0.6 is 0 Å². The molecule has 1 aliphatic rings. The van der Waals surface area contributed by atoms with Crippen LogP contribution in [-0.4, -0.2) is 11.5 Å². The molecule has 58 valence electrons. The molecule has 0 amide bonds. The summed E-state index contributed by atoms with van der Waals surface area (Å²) >= 11 is 0. The molecule has 0 spiro atoms. The minimum Gasteiger partial charge on any atom is -0.384 e. The third-order valence-electron chi connectivity index (χ3n) is 2.20. The molecule has 0 bridgehead atoms. The molecule has 0 saturated heterocycles. The van der Waals surface area contributed by atoms with Gasteiger partial charge in [0.2, 0.25) is 0 Å². The lowest BCUT2D eigenvalue weighted by Gasteiger charge is -2.21. The van der Waals surface area contributed by atoms with Crippen molar-refractivity contribution in [3.05, 3.63) is 24.0 Å². The summed E-state index contributed by atoms with van der Waals surface area (Å²) in [6.07, 6.45) is 3.06. The van der Waals surface area contributed by atoms with Crippen LogP contribution in [0, 0.1) is 0 Å². The van der Waals surface area contributed by atoms with Crippen LogP contribution in [0.25, 0.3) is 0 Å². The van der Waals surface area contributed by atoms with Gasteiger partial charge in [-0.1, -0.05) is 6.92 Å². The van der Waals surface area contributed by atoms with Crippen LogP contribution in [0.5, 0.6) is 0 Å². The van der Waals surface area contributed by atoms with Crippen LogP contribution in [0.3, 0.4) is 0 Å². The van der Waals surface area contributed by atoms with Gasteiger partial charge in [0.05, 0.1) is 11.4 Å². The van der Waals surface area contributed by atoms with E-state index in [4.69, 9.17) is 0 Å². The Kier molecular flexibility index (Phi) is 1.53. The molecule has 0 saturated carbocycles. The smallest absolute Gasteiger partial charge is 0.0663 e. The Morgan fingerprint density at radius 1 is 1.64 bits per heavy atom. The Morgan fingerprint density at radius 2 is 2.55 bits per heavy atom. The van der Waals surface area contributed by atoms with Crippen molar-refractivity contribution in [1.82, 2.24) is 4.98 Å². The summed E-state index contributed by atoms with van der Waals surface area (Å²) in [7, 11) is 0. The molecule has 1 atom stereocenters. The van der Waals surface area contributed by atoms with Gasteiger partial charge < -0.3 is 5.32 Å². The second-order valence-corrected chi connectivity index (χ2v) is 3.05. The maximum atomic E-state index is 4.34. The topological polar surface area (TPSA) is 24.9 Å². The fraction of sp³-hybridized carbons (Fsp3) is 0.444. The summed E-state index contributed by atoms with van der Waals surface area (Å²) < 4.78 is 0. The van der Waals surface area contributed by atoms with E-state index < -0.39 is 0 Å². The summed E-state index contributed by atoms with van der Waals surface area (Å²) in [5.74, 6) is 0.618. The Balaban J connectivity index is 2.44. The quantitative estimate of drug-likeness (QED) is 0.608. The SMILES string of the molecule is CC1CCNc2cccnc21. The molecule has 1 unspecified atom stereocenters. The van der Waals surface area contributed by atoms with Crippen molar-refractivity contribution < 1.29 is 0 Å². The van der Waals surface area contributed by atoms with Crippen molar-refractivity contribution >= 4 is 5.69 Å². The molecule has 0 radical (unpaired) electrons. The van der Waals surface area contributed by atoms with Crippen molar-refractivity contribution in [2.75, 3.05) is 11.9 Å². The summed E-state index contributed by atoms with van der Waals surface area (Å²) in [6.45, 7) is 3.31. The highest BCUT2D eigenvalue weighted by Gasteiger charge is 2.15. The number of nitrogens with zero attached hydrogens (tertiary/aromatic N) is 1. The largest absolute Gasteiger partial charge is 0.384 e. The van der Waals surface area contributed by atoms with E-state index in [0.717, 1.165) is 6.54 Å². The highest BCUT2D eigenvalue weighted by atomic mass is 14.9. The minimum absolute atomic E-state index is 0.618. The molecule has 0 aliphatic carbocycles. The average Bonchev–Trinajstić information content (AvgIpc) is 2.06. The van der Waals surface area contributed by atoms with Crippen LogP contribution in [0.4, 0.5) is 5.69 Å². The lowest BCUT2D eigenvalue weighted by Crippen LogP contribution is -2.15. The molecule has 1 N–H and O–H groups in total. The van der Waals surface area contributed by atoms with Crippen molar-refractivity contribution in [3.8, 4) is 0 Å². The third-order valence-corrected chi connectivity index (χ3v) is 2.20. The number of hydrogen-bond donors (Lipinski definition) is 1. The van der Waals surface area contributed by atoms with E-state index in [1.54, 1.807) is 0 Å². The van der Waals surface area contributed by atoms with E-state index in [1.807, 2.05) is 12.3 Å². The van der Waals surface area contributed by atoms with Crippen LogP contribution < -0.4 is 5.32 Å². The fourth-order valence-electron chi connectivity index (χ4n) is 1.52. The van der Waals surface area contributed by atoms with E-state index in [0.29, 0.717) is 5.92 Å². The van der Waals surface area contributed by atoms with E-state index in [-0.39, 0.29) is 0 Å². The lowest BCUT2D eigenvalue weighted by molar-refractivity contribution is 0.662.